The van der Waals surface area contributed by atoms with Crippen molar-refractivity contribution in [3.8, 4) is 0 Å². The molecule has 0 spiro atoms. The van der Waals surface area contributed by atoms with Gasteiger partial charge in [0.05, 0.1) is 27.2 Å². The summed E-state index contributed by atoms with van der Waals surface area (Å²) in [5.41, 5.74) is 0. The fourth-order valence-electron chi connectivity index (χ4n) is 1.66. The molecular weight excluding hydrogens is 279 g/mol. The molecule has 0 saturated heterocycles. The van der Waals surface area contributed by atoms with Gasteiger partial charge >= 0.3 is 0 Å². The summed E-state index contributed by atoms with van der Waals surface area (Å²) in [6, 6.07) is 0. The molecule has 2 aromatic heterocycles. The van der Waals surface area contributed by atoms with E-state index in [2.05, 4.69) is 58.8 Å². The zero-order chi connectivity index (χ0) is 13.4. The van der Waals surface area contributed by atoms with Crippen molar-refractivity contribution in [3.05, 3.63) is 37.4 Å². The lowest BCUT2D eigenvalue weighted by Gasteiger charge is -1.90. The number of aromatic nitrogens is 4. The number of imidazole rings is 2. The Morgan fingerprint density at radius 1 is 0.900 bits per heavy atom. The quantitative estimate of drug-likeness (QED) is 0.507. The van der Waals surface area contributed by atoms with E-state index in [9.17, 15) is 0 Å². The lowest BCUT2D eigenvalue weighted by atomic mass is 10.3. The minimum Gasteiger partial charge on any atom is -1.00 e. The summed E-state index contributed by atoms with van der Waals surface area (Å²) in [5.74, 6) is 0. The summed E-state index contributed by atoms with van der Waals surface area (Å²) in [6.45, 7) is 6.54. The van der Waals surface area contributed by atoms with Gasteiger partial charge in [-0.05, 0) is 13.3 Å². The Hall–Kier alpha value is -1.36. The third kappa shape index (κ3) is 7.94. The van der Waals surface area contributed by atoms with Crippen molar-refractivity contribution in [2.45, 2.75) is 39.8 Å². The minimum atomic E-state index is 0. The zero-order valence-electron chi connectivity index (χ0n) is 12.8. The average Bonchev–Trinajstić information content (AvgIpc) is 2.96. The molecular formula is C14H26ClFN4. The first-order chi connectivity index (χ1) is 8.65. The fourth-order valence-corrected chi connectivity index (χ4v) is 1.66. The molecule has 0 atom stereocenters. The second-order valence-corrected chi connectivity index (χ2v) is 4.58. The second kappa shape index (κ2) is 11.5. The number of hydrogen-bond acceptors (Lipinski definition) is 0. The van der Waals surface area contributed by atoms with E-state index in [4.69, 9.17) is 0 Å². The molecule has 0 fully saturated rings. The van der Waals surface area contributed by atoms with E-state index in [1.807, 2.05) is 24.9 Å². The minimum absolute atomic E-state index is 0. The third-order valence-corrected chi connectivity index (χ3v) is 2.78. The lowest BCUT2D eigenvalue weighted by molar-refractivity contribution is -0.671. The molecule has 0 amide bonds. The van der Waals surface area contributed by atoms with Crippen LogP contribution in [0.1, 0.15) is 26.7 Å². The summed E-state index contributed by atoms with van der Waals surface area (Å²) in [6.07, 6.45) is 15.0. The van der Waals surface area contributed by atoms with Crippen LogP contribution in [0.15, 0.2) is 37.4 Å². The van der Waals surface area contributed by atoms with Crippen LogP contribution in [0, 0.1) is 0 Å². The standard InChI is InChI=1S/C8H15N2.C6H11N2.ClH.FH/c1-3-4-5-10-7-6-9(2)8-10;1-3-8-5-4-7(2)6-8;;/h6-8H,3-5H2,1-2H3;4-6H,3H2,1-2H3;2*1H/q2*+1;;/p-2. The van der Waals surface area contributed by atoms with E-state index in [1.165, 1.54) is 12.8 Å². The van der Waals surface area contributed by atoms with Gasteiger partial charge in [-0.2, -0.15) is 0 Å². The van der Waals surface area contributed by atoms with Crippen LogP contribution in [0.2, 0.25) is 0 Å². The second-order valence-electron chi connectivity index (χ2n) is 4.58. The monoisotopic (exact) mass is 304 g/mol. The van der Waals surface area contributed by atoms with Crippen LogP contribution in [0.5, 0.6) is 0 Å². The van der Waals surface area contributed by atoms with Gasteiger partial charge in [0.15, 0.2) is 0 Å². The van der Waals surface area contributed by atoms with Gasteiger partial charge in [0.1, 0.15) is 24.8 Å². The van der Waals surface area contributed by atoms with E-state index in [1.54, 1.807) is 0 Å². The van der Waals surface area contributed by atoms with E-state index >= 15 is 0 Å². The molecule has 2 rings (SSSR count). The Morgan fingerprint density at radius 3 is 1.70 bits per heavy atom. The molecule has 4 nitrogen and oxygen atoms in total. The highest BCUT2D eigenvalue weighted by molar-refractivity contribution is 4.65. The van der Waals surface area contributed by atoms with E-state index in [-0.39, 0.29) is 17.1 Å². The summed E-state index contributed by atoms with van der Waals surface area (Å²) in [5, 5.41) is 0. The fraction of sp³-hybridized carbons (Fsp3) is 0.571. The topological polar surface area (TPSA) is 17.6 Å². The lowest BCUT2D eigenvalue weighted by Crippen LogP contribution is -3.00. The Labute approximate surface area is 127 Å². The summed E-state index contributed by atoms with van der Waals surface area (Å²) >= 11 is 0. The van der Waals surface area contributed by atoms with Crippen LogP contribution in [-0.4, -0.2) is 9.13 Å². The largest absolute Gasteiger partial charge is 1.00 e. The number of nitrogens with zero attached hydrogens (tertiary/aromatic N) is 4. The van der Waals surface area contributed by atoms with Crippen molar-refractivity contribution in [2.24, 2.45) is 14.1 Å². The van der Waals surface area contributed by atoms with Crippen LogP contribution >= 0.6 is 0 Å². The molecule has 0 radical (unpaired) electrons. The van der Waals surface area contributed by atoms with Crippen LogP contribution in [0.4, 0.5) is 0 Å². The third-order valence-electron chi connectivity index (χ3n) is 2.78. The van der Waals surface area contributed by atoms with Crippen molar-refractivity contribution >= 4 is 0 Å². The van der Waals surface area contributed by atoms with E-state index < -0.39 is 0 Å². The number of aryl methyl sites for hydroxylation is 4. The zero-order valence-corrected chi connectivity index (χ0v) is 13.6. The molecule has 6 heteroatoms. The Morgan fingerprint density at radius 2 is 1.40 bits per heavy atom. The maximum absolute atomic E-state index is 2.21. The van der Waals surface area contributed by atoms with Crippen LogP contribution < -0.4 is 26.2 Å². The maximum atomic E-state index is 2.21. The molecule has 0 N–H and O–H groups in total. The van der Waals surface area contributed by atoms with E-state index in [0.717, 1.165) is 13.1 Å². The highest BCUT2D eigenvalue weighted by Gasteiger charge is 1.96. The number of halogens is 2. The van der Waals surface area contributed by atoms with Crippen LogP contribution in [0.25, 0.3) is 0 Å². The smallest absolute Gasteiger partial charge is 0.243 e. The van der Waals surface area contributed by atoms with Gasteiger partial charge in [-0.1, -0.05) is 13.3 Å². The average molecular weight is 305 g/mol. The van der Waals surface area contributed by atoms with Crippen LogP contribution in [0.3, 0.4) is 0 Å². The molecule has 0 bridgehead atoms. The Bertz CT molecular complexity index is 453. The molecule has 0 unspecified atom stereocenters. The van der Waals surface area contributed by atoms with E-state index in [0.29, 0.717) is 0 Å². The predicted molar refractivity (Wildman–Crippen MR) is 71.8 cm³/mol. The van der Waals surface area contributed by atoms with Crippen molar-refractivity contribution in [2.75, 3.05) is 0 Å². The molecule has 0 aliphatic rings. The summed E-state index contributed by atoms with van der Waals surface area (Å²) in [7, 11) is 4.06. The van der Waals surface area contributed by atoms with Gasteiger partial charge in [0, 0.05) is 0 Å². The first kappa shape index (κ1) is 20.9. The molecule has 0 saturated carbocycles. The van der Waals surface area contributed by atoms with Crippen molar-refractivity contribution < 1.29 is 26.2 Å². The molecule has 0 aliphatic heterocycles. The first-order valence-corrected chi connectivity index (χ1v) is 6.67. The molecule has 2 aromatic rings. The van der Waals surface area contributed by atoms with Gasteiger partial charge in [-0.25, -0.2) is 18.3 Å². The van der Waals surface area contributed by atoms with Gasteiger partial charge in [-0.15, -0.1) is 0 Å². The molecule has 20 heavy (non-hydrogen) atoms. The van der Waals surface area contributed by atoms with Gasteiger partial charge in [0.2, 0.25) is 12.7 Å². The molecule has 116 valence electrons. The van der Waals surface area contributed by atoms with Crippen molar-refractivity contribution in [1.82, 2.24) is 9.13 Å². The van der Waals surface area contributed by atoms with Gasteiger partial charge in [0.25, 0.3) is 0 Å². The Kier molecular flexibility index (Phi) is 12.0. The predicted octanol–water partition coefficient (Wildman–Crippen LogP) is -4.55. The van der Waals surface area contributed by atoms with Gasteiger partial charge in [-0.3, -0.25) is 0 Å². The van der Waals surface area contributed by atoms with Gasteiger partial charge < -0.3 is 17.1 Å². The SMILES string of the molecule is CCCCn1cc[n+](C)c1.CCn1cc[n+](C)c1.[Cl-].[F-]. The van der Waals surface area contributed by atoms with Crippen molar-refractivity contribution in [3.63, 3.8) is 0 Å². The number of unbranched alkanes of at least 4 members (excludes halogenated alkanes) is 1. The van der Waals surface area contributed by atoms with Crippen molar-refractivity contribution in [1.29, 1.82) is 0 Å². The molecule has 0 aromatic carbocycles. The number of rotatable bonds is 4. The summed E-state index contributed by atoms with van der Waals surface area (Å²) in [4.78, 5) is 0. The Balaban J connectivity index is 0. The molecule has 2 heterocycles. The first-order valence-electron chi connectivity index (χ1n) is 6.67. The normalized spacial score (nSPS) is 9.00. The van der Waals surface area contributed by atoms with Crippen LogP contribution in [-0.2, 0) is 27.2 Å². The molecule has 0 aliphatic carbocycles. The summed E-state index contributed by atoms with van der Waals surface area (Å²) < 4.78 is 8.43. The maximum Gasteiger partial charge on any atom is 0.243 e. The highest BCUT2D eigenvalue weighted by Crippen LogP contribution is 1.91. The highest BCUT2D eigenvalue weighted by atomic mass is 35.5. The number of hydrogen-bond donors (Lipinski definition) is 0.